The lowest BCUT2D eigenvalue weighted by molar-refractivity contribution is 0.0947. The van der Waals surface area contributed by atoms with E-state index in [0.717, 1.165) is 6.42 Å². The Hall–Kier alpha value is -2.69. The van der Waals surface area contributed by atoms with Crippen molar-refractivity contribution in [1.29, 1.82) is 0 Å². The Balaban J connectivity index is 2.18. The van der Waals surface area contributed by atoms with Gasteiger partial charge in [0.15, 0.2) is 11.5 Å². The number of carbonyl (C=O) groups is 1. The highest BCUT2D eigenvalue weighted by molar-refractivity contribution is 5.98. The molecule has 0 radical (unpaired) electrons. The minimum atomic E-state index is -0.202. The summed E-state index contributed by atoms with van der Waals surface area (Å²) in [6, 6.07) is 13.6. The fraction of sp³-hybridized carbons (Fsp3) is 0.350. The van der Waals surface area contributed by atoms with Crippen molar-refractivity contribution in [2.45, 2.75) is 19.3 Å². The molecule has 0 aliphatic heterocycles. The Kier molecular flexibility index (Phi) is 6.69. The van der Waals surface area contributed by atoms with E-state index >= 15 is 0 Å². The van der Waals surface area contributed by atoms with Crippen LogP contribution in [-0.4, -0.2) is 33.8 Å². The van der Waals surface area contributed by atoms with Crippen molar-refractivity contribution in [3.63, 3.8) is 0 Å². The van der Waals surface area contributed by atoms with Crippen molar-refractivity contribution in [1.82, 2.24) is 5.32 Å². The molecule has 0 aromatic heterocycles. The first-order valence-electron chi connectivity index (χ1n) is 8.28. The predicted molar refractivity (Wildman–Crippen MR) is 97.9 cm³/mol. The third kappa shape index (κ3) is 4.24. The molecule has 1 atom stereocenters. The molecule has 5 nitrogen and oxygen atoms in total. The molecular formula is C20H25NO4. The number of nitrogens with one attached hydrogen (secondary N) is 1. The van der Waals surface area contributed by atoms with Crippen molar-refractivity contribution in [2.24, 2.45) is 0 Å². The standard InChI is InChI=1S/C20H25NO4/c1-5-14(15-9-7-6-8-10-15)13-21-20(22)16-11-12-17(23-2)19(25-4)18(16)24-3/h6-12,14H,5,13H2,1-4H3,(H,21,22). The zero-order valence-corrected chi connectivity index (χ0v) is 15.2. The molecule has 0 saturated heterocycles. The van der Waals surface area contributed by atoms with Gasteiger partial charge in [-0.25, -0.2) is 0 Å². The molecule has 0 aliphatic carbocycles. The Labute approximate surface area is 148 Å². The fourth-order valence-electron chi connectivity index (χ4n) is 2.81. The molecule has 0 saturated carbocycles. The quantitative estimate of drug-likeness (QED) is 0.795. The molecule has 2 aromatic rings. The van der Waals surface area contributed by atoms with Crippen LogP contribution in [0.3, 0.4) is 0 Å². The lowest BCUT2D eigenvalue weighted by atomic mass is 9.96. The number of carbonyl (C=O) groups excluding carboxylic acids is 1. The Morgan fingerprint density at radius 2 is 1.64 bits per heavy atom. The normalized spacial score (nSPS) is 11.5. The lowest BCUT2D eigenvalue weighted by Gasteiger charge is -2.18. The highest BCUT2D eigenvalue weighted by Gasteiger charge is 2.21. The SMILES string of the molecule is CCC(CNC(=O)c1ccc(OC)c(OC)c1OC)c1ccccc1. The second-order valence-corrected chi connectivity index (χ2v) is 5.61. The number of ether oxygens (including phenoxy) is 3. The molecule has 0 spiro atoms. The number of hydrogen-bond acceptors (Lipinski definition) is 4. The topological polar surface area (TPSA) is 56.8 Å². The van der Waals surface area contributed by atoms with Crippen LogP contribution in [0.2, 0.25) is 0 Å². The van der Waals surface area contributed by atoms with Crippen molar-refractivity contribution in [3.8, 4) is 17.2 Å². The van der Waals surface area contributed by atoms with E-state index in [-0.39, 0.29) is 11.8 Å². The van der Waals surface area contributed by atoms with Crippen molar-refractivity contribution in [2.75, 3.05) is 27.9 Å². The molecule has 25 heavy (non-hydrogen) atoms. The molecule has 134 valence electrons. The van der Waals surface area contributed by atoms with Gasteiger partial charge in [-0.1, -0.05) is 37.3 Å². The number of methoxy groups -OCH3 is 3. The summed E-state index contributed by atoms with van der Waals surface area (Å²) < 4.78 is 16.0. The lowest BCUT2D eigenvalue weighted by Crippen LogP contribution is -2.28. The van der Waals surface area contributed by atoms with Crippen LogP contribution in [0, 0.1) is 0 Å². The number of rotatable bonds is 8. The van der Waals surface area contributed by atoms with Gasteiger partial charge in [0.05, 0.1) is 26.9 Å². The van der Waals surface area contributed by atoms with Crippen LogP contribution in [0.5, 0.6) is 17.2 Å². The average Bonchev–Trinajstić information content (AvgIpc) is 2.67. The number of amides is 1. The average molecular weight is 343 g/mol. The minimum Gasteiger partial charge on any atom is -0.493 e. The first kappa shape index (κ1) is 18.6. The van der Waals surface area contributed by atoms with E-state index in [2.05, 4.69) is 24.4 Å². The Morgan fingerprint density at radius 3 is 2.20 bits per heavy atom. The summed E-state index contributed by atoms with van der Waals surface area (Å²) in [4.78, 5) is 12.7. The van der Waals surface area contributed by atoms with Crippen LogP contribution < -0.4 is 19.5 Å². The molecule has 1 unspecified atom stereocenters. The monoisotopic (exact) mass is 343 g/mol. The molecule has 0 fully saturated rings. The third-order valence-corrected chi connectivity index (χ3v) is 4.22. The van der Waals surface area contributed by atoms with Crippen LogP contribution in [0.25, 0.3) is 0 Å². The van der Waals surface area contributed by atoms with E-state index in [0.29, 0.717) is 29.4 Å². The van der Waals surface area contributed by atoms with Crippen molar-refractivity contribution < 1.29 is 19.0 Å². The van der Waals surface area contributed by atoms with E-state index < -0.39 is 0 Å². The Bertz CT molecular complexity index is 700. The summed E-state index contributed by atoms with van der Waals surface area (Å²) in [7, 11) is 4.57. The first-order chi connectivity index (χ1) is 12.2. The zero-order chi connectivity index (χ0) is 18.2. The second-order valence-electron chi connectivity index (χ2n) is 5.61. The largest absolute Gasteiger partial charge is 0.493 e. The molecule has 1 amide bonds. The molecule has 0 bridgehead atoms. The first-order valence-corrected chi connectivity index (χ1v) is 8.28. The van der Waals surface area contributed by atoms with Crippen molar-refractivity contribution in [3.05, 3.63) is 53.6 Å². The van der Waals surface area contributed by atoms with Gasteiger partial charge in [0, 0.05) is 12.5 Å². The van der Waals surface area contributed by atoms with E-state index in [1.165, 1.54) is 19.8 Å². The summed E-state index contributed by atoms with van der Waals surface area (Å²) in [6.45, 7) is 2.66. The van der Waals surface area contributed by atoms with Gasteiger partial charge in [0.2, 0.25) is 5.75 Å². The second kappa shape index (κ2) is 8.97. The van der Waals surface area contributed by atoms with Gasteiger partial charge >= 0.3 is 0 Å². The maximum Gasteiger partial charge on any atom is 0.255 e. The van der Waals surface area contributed by atoms with Gasteiger partial charge in [-0.05, 0) is 24.1 Å². The third-order valence-electron chi connectivity index (χ3n) is 4.22. The van der Waals surface area contributed by atoms with Gasteiger partial charge in [0.1, 0.15) is 0 Å². The smallest absolute Gasteiger partial charge is 0.255 e. The molecule has 0 aliphatic rings. The van der Waals surface area contributed by atoms with Gasteiger partial charge in [-0.2, -0.15) is 0 Å². The van der Waals surface area contributed by atoms with Crippen molar-refractivity contribution >= 4 is 5.91 Å². The van der Waals surface area contributed by atoms with E-state index in [9.17, 15) is 4.79 Å². The van der Waals surface area contributed by atoms with E-state index in [1.807, 2.05) is 18.2 Å². The highest BCUT2D eigenvalue weighted by atomic mass is 16.5. The summed E-state index contributed by atoms with van der Waals surface area (Å²) >= 11 is 0. The van der Waals surface area contributed by atoms with E-state index in [1.54, 1.807) is 19.2 Å². The Morgan fingerprint density at radius 1 is 0.960 bits per heavy atom. The van der Waals surface area contributed by atoms with Gasteiger partial charge < -0.3 is 19.5 Å². The molecular weight excluding hydrogens is 318 g/mol. The maximum atomic E-state index is 12.7. The summed E-state index contributed by atoms with van der Waals surface area (Å²) in [5.74, 6) is 1.36. The summed E-state index contributed by atoms with van der Waals surface area (Å²) in [6.07, 6.45) is 0.938. The van der Waals surface area contributed by atoms with E-state index in [4.69, 9.17) is 14.2 Å². The maximum absolute atomic E-state index is 12.7. The molecule has 0 heterocycles. The molecule has 2 rings (SSSR count). The summed E-state index contributed by atoms with van der Waals surface area (Å²) in [5.41, 5.74) is 1.63. The highest BCUT2D eigenvalue weighted by Crippen LogP contribution is 2.39. The van der Waals surface area contributed by atoms with Crippen LogP contribution in [0.1, 0.15) is 35.2 Å². The van der Waals surface area contributed by atoms with Crippen LogP contribution in [0.15, 0.2) is 42.5 Å². The molecule has 1 N–H and O–H groups in total. The zero-order valence-electron chi connectivity index (χ0n) is 15.2. The fourth-order valence-corrected chi connectivity index (χ4v) is 2.81. The minimum absolute atomic E-state index is 0.202. The molecule has 2 aromatic carbocycles. The van der Waals surface area contributed by atoms with Gasteiger partial charge in [-0.3, -0.25) is 4.79 Å². The number of hydrogen-bond donors (Lipinski definition) is 1. The van der Waals surface area contributed by atoms with Crippen LogP contribution in [0.4, 0.5) is 0 Å². The molecule has 5 heteroatoms. The summed E-state index contributed by atoms with van der Waals surface area (Å²) in [5, 5.41) is 3.00. The van der Waals surface area contributed by atoms with Gasteiger partial charge in [0.25, 0.3) is 5.91 Å². The van der Waals surface area contributed by atoms with Gasteiger partial charge in [-0.15, -0.1) is 0 Å². The van der Waals surface area contributed by atoms with Crippen LogP contribution >= 0.6 is 0 Å². The van der Waals surface area contributed by atoms with Crippen LogP contribution in [-0.2, 0) is 0 Å². The number of benzene rings is 2. The predicted octanol–water partition coefficient (Wildman–Crippen LogP) is 3.64.